The first-order valence-corrected chi connectivity index (χ1v) is 6.39. The average molecular weight is 259 g/mol. The maximum Gasteiger partial charge on any atom is 0.146 e. The Hall–Kier alpha value is -1.94. The van der Waals surface area contributed by atoms with E-state index in [0.29, 0.717) is 18.8 Å². The van der Waals surface area contributed by atoms with E-state index in [1.807, 2.05) is 23.1 Å². The van der Waals surface area contributed by atoms with Crippen LogP contribution in [0.15, 0.2) is 48.8 Å². The van der Waals surface area contributed by atoms with Crippen molar-refractivity contribution in [3.63, 3.8) is 0 Å². The fourth-order valence-corrected chi connectivity index (χ4v) is 1.99. The fourth-order valence-electron chi connectivity index (χ4n) is 1.99. The first kappa shape index (κ1) is 13.5. The molecule has 0 unspecified atom stereocenters. The van der Waals surface area contributed by atoms with Crippen molar-refractivity contribution in [2.24, 2.45) is 5.73 Å². The van der Waals surface area contributed by atoms with E-state index < -0.39 is 0 Å². The summed E-state index contributed by atoms with van der Waals surface area (Å²) < 4.78 is 13.9. The SMILES string of the molecule is NCCCN(Cc1cccnc1)c1ccccc1F. The minimum Gasteiger partial charge on any atom is -0.365 e. The van der Waals surface area contributed by atoms with Gasteiger partial charge in [-0.2, -0.15) is 0 Å². The Kier molecular flexibility index (Phi) is 4.86. The third-order valence-corrected chi connectivity index (χ3v) is 2.92. The highest BCUT2D eigenvalue weighted by molar-refractivity contribution is 5.48. The van der Waals surface area contributed by atoms with Gasteiger partial charge in [-0.15, -0.1) is 0 Å². The molecule has 0 aliphatic carbocycles. The lowest BCUT2D eigenvalue weighted by Crippen LogP contribution is -2.26. The van der Waals surface area contributed by atoms with Crippen LogP contribution in [0.2, 0.25) is 0 Å². The number of nitrogens with two attached hydrogens (primary N) is 1. The van der Waals surface area contributed by atoms with Crippen molar-refractivity contribution < 1.29 is 4.39 Å². The molecule has 0 atom stereocenters. The van der Waals surface area contributed by atoms with Gasteiger partial charge in [0.25, 0.3) is 0 Å². The van der Waals surface area contributed by atoms with Crippen LogP contribution in [0, 0.1) is 5.82 Å². The number of benzene rings is 1. The summed E-state index contributed by atoms with van der Waals surface area (Å²) in [5.74, 6) is -0.205. The van der Waals surface area contributed by atoms with Crippen LogP contribution in [0.25, 0.3) is 0 Å². The van der Waals surface area contributed by atoms with Gasteiger partial charge in [0.15, 0.2) is 0 Å². The van der Waals surface area contributed by atoms with Crippen LogP contribution < -0.4 is 10.6 Å². The minimum atomic E-state index is -0.205. The van der Waals surface area contributed by atoms with Gasteiger partial charge in [-0.25, -0.2) is 4.39 Å². The Bertz CT molecular complexity index is 502. The van der Waals surface area contributed by atoms with Gasteiger partial charge in [0.2, 0.25) is 0 Å². The Morgan fingerprint density at radius 3 is 2.68 bits per heavy atom. The van der Waals surface area contributed by atoms with Crippen molar-refractivity contribution in [3.05, 3.63) is 60.2 Å². The Morgan fingerprint density at radius 1 is 1.16 bits per heavy atom. The summed E-state index contributed by atoms with van der Waals surface area (Å²) in [4.78, 5) is 6.09. The standard InChI is InChI=1S/C15H18FN3/c16-14-6-1-2-7-15(14)19(10-4-8-17)12-13-5-3-9-18-11-13/h1-3,5-7,9,11H,4,8,10,12,17H2. The molecule has 0 aliphatic rings. The van der Waals surface area contributed by atoms with Gasteiger partial charge < -0.3 is 10.6 Å². The number of rotatable bonds is 6. The van der Waals surface area contributed by atoms with Gasteiger partial charge in [0.1, 0.15) is 5.82 Å². The van der Waals surface area contributed by atoms with E-state index in [1.54, 1.807) is 24.5 Å². The summed E-state index contributed by atoms with van der Waals surface area (Å²) in [5.41, 5.74) is 7.22. The second kappa shape index (κ2) is 6.85. The summed E-state index contributed by atoms with van der Waals surface area (Å²) in [7, 11) is 0. The molecule has 1 aromatic heterocycles. The monoisotopic (exact) mass is 259 g/mol. The number of aromatic nitrogens is 1. The Balaban J connectivity index is 2.19. The predicted molar refractivity (Wildman–Crippen MR) is 75.4 cm³/mol. The summed E-state index contributed by atoms with van der Waals surface area (Å²) in [5, 5.41) is 0. The van der Waals surface area contributed by atoms with Crippen molar-refractivity contribution >= 4 is 5.69 Å². The molecule has 0 bridgehead atoms. The molecule has 0 radical (unpaired) electrons. The molecule has 100 valence electrons. The zero-order chi connectivity index (χ0) is 13.5. The van der Waals surface area contributed by atoms with Crippen LogP contribution in [0.1, 0.15) is 12.0 Å². The average Bonchev–Trinajstić information content (AvgIpc) is 2.45. The quantitative estimate of drug-likeness (QED) is 0.867. The number of para-hydroxylation sites is 1. The first-order chi connectivity index (χ1) is 9.31. The van der Waals surface area contributed by atoms with Crippen LogP contribution in [0.4, 0.5) is 10.1 Å². The Labute approximate surface area is 112 Å². The zero-order valence-electron chi connectivity index (χ0n) is 10.8. The van der Waals surface area contributed by atoms with Gasteiger partial charge in [-0.05, 0) is 36.7 Å². The lowest BCUT2D eigenvalue weighted by molar-refractivity contribution is 0.612. The van der Waals surface area contributed by atoms with Crippen molar-refractivity contribution in [1.82, 2.24) is 4.98 Å². The van der Waals surface area contributed by atoms with Gasteiger partial charge in [0.05, 0.1) is 5.69 Å². The molecule has 1 aromatic carbocycles. The Morgan fingerprint density at radius 2 is 2.00 bits per heavy atom. The summed E-state index contributed by atoms with van der Waals surface area (Å²) in [6.07, 6.45) is 4.36. The minimum absolute atomic E-state index is 0.205. The van der Waals surface area contributed by atoms with E-state index >= 15 is 0 Å². The molecule has 0 saturated heterocycles. The maximum atomic E-state index is 13.9. The van der Waals surface area contributed by atoms with Crippen LogP contribution in [0.3, 0.4) is 0 Å². The molecule has 0 saturated carbocycles. The van der Waals surface area contributed by atoms with E-state index in [2.05, 4.69) is 4.98 Å². The largest absolute Gasteiger partial charge is 0.365 e. The maximum absolute atomic E-state index is 13.9. The van der Waals surface area contributed by atoms with Crippen LogP contribution in [-0.4, -0.2) is 18.1 Å². The molecule has 2 N–H and O–H groups in total. The lowest BCUT2D eigenvalue weighted by Gasteiger charge is -2.25. The molecule has 0 aliphatic heterocycles. The molecular formula is C15H18FN3. The summed E-state index contributed by atoms with van der Waals surface area (Å²) in [6, 6.07) is 10.7. The van der Waals surface area contributed by atoms with E-state index in [0.717, 1.165) is 18.5 Å². The number of halogens is 1. The van der Waals surface area contributed by atoms with E-state index in [1.165, 1.54) is 6.07 Å². The number of pyridine rings is 1. The molecule has 0 spiro atoms. The highest BCUT2D eigenvalue weighted by Crippen LogP contribution is 2.20. The van der Waals surface area contributed by atoms with Gasteiger partial charge in [-0.3, -0.25) is 4.98 Å². The van der Waals surface area contributed by atoms with Gasteiger partial charge in [-0.1, -0.05) is 18.2 Å². The van der Waals surface area contributed by atoms with Crippen LogP contribution in [0.5, 0.6) is 0 Å². The van der Waals surface area contributed by atoms with Crippen molar-refractivity contribution in [3.8, 4) is 0 Å². The van der Waals surface area contributed by atoms with E-state index in [4.69, 9.17) is 5.73 Å². The van der Waals surface area contributed by atoms with Gasteiger partial charge >= 0.3 is 0 Å². The topological polar surface area (TPSA) is 42.1 Å². The van der Waals surface area contributed by atoms with Gasteiger partial charge in [0, 0.05) is 25.5 Å². The van der Waals surface area contributed by atoms with Crippen LogP contribution in [-0.2, 0) is 6.54 Å². The molecule has 2 rings (SSSR count). The van der Waals surface area contributed by atoms with Crippen molar-refractivity contribution in [1.29, 1.82) is 0 Å². The third-order valence-electron chi connectivity index (χ3n) is 2.92. The molecule has 1 heterocycles. The molecular weight excluding hydrogens is 241 g/mol. The predicted octanol–water partition coefficient (Wildman–Crippen LogP) is 2.58. The molecule has 4 heteroatoms. The third kappa shape index (κ3) is 3.76. The number of hydrogen-bond acceptors (Lipinski definition) is 3. The lowest BCUT2D eigenvalue weighted by atomic mass is 10.2. The normalized spacial score (nSPS) is 10.4. The molecule has 3 nitrogen and oxygen atoms in total. The van der Waals surface area contributed by atoms with E-state index in [9.17, 15) is 4.39 Å². The molecule has 2 aromatic rings. The second-order valence-electron chi connectivity index (χ2n) is 4.38. The summed E-state index contributed by atoms with van der Waals surface area (Å²) >= 11 is 0. The van der Waals surface area contributed by atoms with Crippen LogP contribution >= 0.6 is 0 Å². The van der Waals surface area contributed by atoms with Crippen molar-refractivity contribution in [2.45, 2.75) is 13.0 Å². The fraction of sp³-hybridized carbons (Fsp3) is 0.267. The first-order valence-electron chi connectivity index (χ1n) is 6.39. The second-order valence-corrected chi connectivity index (χ2v) is 4.38. The van der Waals surface area contributed by atoms with Crippen molar-refractivity contribution in [2.75, 3.05) is 18.0 Å². The smallest absolute Gasteiger partial charge is 0.146 e. The molecule has 0 fully saturated rings. The zero-order valence-corrected chi connectivity index (χ0v) is 10.8. The number of hydrogen-bond donors (Lipinski definition) is 1. The molecule has 0 amide bonds. The number of anilines is 1. The number of nitrogens with zero attached hydrogens (tertiary/aromatic N) is 2. The highest BCUT2D eigenvalue weighted by atomic mass is 19.1. The molecule has 19 heavy (non-hydrogen) atoms. The summed E-state index contributed by atoms with van der Waals surface area (Å²) in [6.45, 7) is 1.96. The van der Waals surface area contributed by atoms with E-state index in [-0.39, 0.29) is 5.82 Å². The highest BCUT2D eigenvalue weighted by Gasteiger charge is 2.11.